The van der Waals surface area contributed by atoms with Crippen molar-refractivity contribution in [3.05, 3.63) is 6.07 Å². The molecule has 0 aliphatic carbocycles. The van der Waals surface area contributed by atoms with Gasteiger partial charge in [0.25, 0.3) is 0 Å². The van der Waals surface area contributed by atoms with E-state index in [0.29, 0.717) is 37.1 Å². The highest BCUT2D eigenvalue weighted by molar-refractivity contribution is 7.98. The minimum absolute atomic E-state index is 0.433. The summed E-state index contributed by atoms with van der Waals surface area (Å²) in [5.41, 5.74) is 5.74. The number of aromatic nitrogens is 2. The topological polar surface area (TPSA) is 88.1 Å². The lowest BCUT2D eigenvalue weighted by Crippen LogP contribution is -2.29. The monoisotopic (exact) mass is 267 g/mol. The molecule has 1 aromatic rings. The van der Waals surface area contributed by atoms with Crippen molar-refractivity contribution >= 4 is 23.4 Å². The van der Waals surface area contributed by atoms with Gasteiger partial charge in [-0.3, -0.25) is 0 Å². The fourth-order valence-electron chi connectivity index (χ4n) is 1.41. The lowest BCUT2D eigenvalue weighted by molar-refractivity contribution is 0.205. The molecule has 0 unspecified atom stereocenters. The van der Waals surface area contributed by atoms with Crippen LogP contribution in [0.5, 0.6) is 0 Å². The van der Waals surface area contributed by atoms with E-state index in [9.17, 15) is 0 Å². The molecule has 0 radical (unpaired) electrons. The van der Waals surface area contributed by atoms with Gasteiger partial charge in [0.1, 0.15) is 11.6 Å². The Morgan fingerprint density at radius 2 is 2.28 bits per heavy atom. The minimum atomic E-state index is 0.433. The number of nitrogen functional groups attached to an aromatic ring is 1. The quantitative estimate of drug-likeness (QED) is 0.585. The van der Waals surface area contributed by atoms with Crippen LogP contribution in [0.25, 0.3) is 0 Å². The zero-order chi connectivity index (χ0) is 13.4. The van der Waals surface area contributed by atoms with E-state index in [1.54, 1.807) is 13.2 Å². The third-order valence-corrected chi connectivity index (χ3v) is 2.83. The molecule has 0 atom stereocenters. The molecular formula is C11H17N5OS. The van der Waals surface area contributed by atoms with Crippen LogP contribution in [0.2, 0.25) is 0 Å². The first-order valence-corrected chi connectivity index (χ1v) is 6.73. The second kappa shape index (κ2) is 7.74. The first-order chi connectivity index (χ1) is 8.71. The Labute approximate surface area is 111 Å². The molecule has 0 bridgehead atoms. The van der Waals surface area contributed by atoms with E-state index in [-0.39, 0.29) is 0 Å². The van der Waals surface area contributed by atoms with Crippen molar-refractivity contribution in [2.24, 2.45) is 0 Å². The lowest BCUT2D eigenvalue weighted by atomic mass is 10.3. The summed E-state index contributed by atoms with van der Waals surface area (Å²) in [5.74, 6) is 1.17. The van der Waals surface area contributed by atoms with Gasteiger partial charge in [-0.15, -0.1) is 0 Å². The van der Waals surface area contributed by atoms with Gasteiger partial charge in [0.05, 0.1) is 19.1 Å². The summed E-state index contributed by atoms with van der Waals surface area (Å²) in [6.07, 6.45) is 2.33. The number of methoxy groups -OCH3 is 1. The maximum absolute atomic E-state index is 8.67. The van der Waals surface area contributed by atoms with E-state index < -0.39 is 0 Å². The summed E-state index contributed by atoms with van der Waals surface area (Å²) in [6.45, 7) is 1.84. The van der Waals surface area contributed by atoms with Gasteiger partial charge >= 0.3 is 0 Å². The van der Waals surface area contributed by atoms with Crippen molar-refractivity contribution in [1.82, 2.24) is 9.97 Å². The van der Waals surface area contributed by atoms with Crippen molar-refractivity contribution in [2.45, 2.75) is 11.6 Å². The maximum Gasteiger partial charge on any atom is 0.191 e. The summed E-state index contributed by atoms with van der Waals surface area (Å²) < 4.78 is 5.06. The molecule has 0 saturated heterocycles. The Bertz CT molecular complexity index is 420. The van der Waals surface area contributed by atoms with Gasteiger partial charge in [-0.05, 0) is 6.26 Å². The smallest absolute Gasteiger partial charge is 0.191 e. The van der Waals surface area contributed by atoms with Crippen LogP contribution in [0.1, 0.15) is 6.42 Å². The van der Waals surface area contributed by atoms with Gasteiger partial charge < -0.3 is 15.4 Å². The van der Waals surface area contributed by atoms with Crippen LogP contribution in [-0.2, 0) is 4.74 Å². The molecule has 0 aromatic carbocycles. The summed E-state index contributed by atoms with van der Waals surface area (Å²) in [5, 5.41) is 9.30. The van der Waals surface area contributed by atoms with Gasteiger partial charge in [0.15, 0.2) is 5.16 Å². The zero-order valence-electron chi connectivity index (χ0n) is 10.6. The number of hydrogen-bond acceptors (Lipinski definition) is 7. The van der Waals surface area contributed by atoms with Crippen LogP contribution in [0, 0.1) is 11.3 Å². The number of nitrogens with zero attached hydrogens (tertiary/aromatic N) is 4. The average molecular weight is 267 g/mol. The molecule has 1 aromatic heterocycles. The number of ether oxygens (including phenoxy) is 1. The molecule has 0 aliphatic heterocycles. The molecule has 1 rings (SSSR count). The molecule has 2 N–H and O–H groups in total. The van der Waals surface area contributed by atoms with Gasteiger partial charge in [-0.1, -0.05) is 11.8 Å². The Hall–Kier alpha value is -1.52. The summed E-state index contributed by atoms with van der Waals surface area (Å²) in [6, 6.07) is 3.84. The molecule has 0 saturated carbocycles. The van der Waals surface area contributed by atoms with E-state index in [4.69, 9.17) is 15.7 Å². The summed E-state index contributed by atoms with van der Waals surface area (Å²) in [7, 11) is 1.64. The van der Waals surface area contributed by atoms with Gasteiger partial charge in [-0.25, -0.2) is 9.97 Å². The van der Waals surface area contributed by atoms with Crippen LogP contribution in [-0.4, -0.2) is 43.0 Å². The van der Waals surface area contributed by atoms with Crippen molar-refractivity contribution < 1.29 is 4.74 Å². The Balaban J connectivity index is 2.88. The zero-order valence-corrected chi connectivity index (χ0v) is 11.4. The first-order valence-electron chi connectivity index (χ1n) is 5.50. The molecule has 0 amide bonds. The first kappa shape index (κ1) is 14.5. The Morgan fingerprint density at radius 3 is 2.89 bits per heavy atom. The molecule has 18 heavy (non-hydrogen) atoms. The molecule has 0 spiro atoms. The maximum atomic E-state index is 8.67. The fourth-order valence-corrected chi connectivity index (χ4v) is 1.79. The van der Waals surface area contributed by atoms with E-state index in [2.05, 4.69) is 16.0 Å². The normalized spacial score (nSPS) is 10.1. The SMILES string of the molecule is COCCN(CCC#N)c1cc(N)nc(SC)n1. The molecular weight excluding hydrogens is 250 g/mol. The van der Waals surface area contributed by atoms with Crippen LogP contribution >= 0.6 is 11.8 Å². The molecule has 6 nitrogen and oxygen atoms in total. The Kier molecular flexibility index (Phi) is 6.25. The van der Waals surface area contributed by atoms with Gasteiger partial charge in [0, 0.05) is 26.3 Å². The fraction of sp³-hybridized carbons (Fsp3) is 0.545. The Morgan fingerprint density at radius 1 is 1.50 bits per heavy atom. The molecule has 0 fully saturated rings. The van der Waals surface area contributed by atoms with Crippen LogP contribution < -0.4 is 10.6 Å². The third-order valence-electron chi connectivity index (χ3n) is 2.28. The standard InChI is InChI=1S/C11H17N5OS/c1-17-7-6-16(5-3-4-12)10-8-9(13)14-11(15-10)18-2/h8H,3,5-7H2,1-2H3,(H2,13,14,15). The summed E-state index contributed by atoms with van der Waals surface area (Å²) in [4.78, 5) is 10.5. The van der Waals surface area contributed by atoms with E-state index >= 15 is 0 Å². The van der Waals surface area contributed by atoms with Crippen molar-refractivity contribution in [3.63, 3.8) is 0 Å². The minimum Gasteiger partial charge on any atom is -0.383 e. The van der Waals surface area contributed by atoms with Crippen LogP contribution in [0.3, 0.4) is 0 Å². The number of hydrogen-bond donors (Lipinski definition) is 1. The molecule has 98 valence electrons. The second-order valence-corrected chi connectivity index (χ2v) is 4.30. The highest BCUT2D eigenvalue weighted by atomic mass is 32.2. The van der Waals surface area contributed by atoms with E-state index in [0.717, 1.165) is 5.82 Å². The molecule has 0 aliphatic rings. The highest BCUT2D eigenvalue weighted by Crippen LogP contribution is 2.18. The second-order valence-electron chi connectivity index (χ2n) is 3.53. The molecule has 7 heteroatoms. The number of nitrogens with two attached hydrogens (primary N) is 1. The van der Waals surface area contributed by atoms with Crippen molar-refractivity contribution in [3.8, 4) is 6.07 Å². The molecule has 1 heterocycles. The third kappa shape index (κ3) is 4.39. The van der Waals surface area contributed by atoms with Gasteiger partial charge in [0.2, 0.25) is 0 Å². The number of thioether (sulfide) groups is 1. The number of anilines is 2. The summed E-state index contributed by atoms with van der Waals surface area (Å²) >= 11 is 1.44. The van der Waals surface area contributed by atoms with Crippen molar-refractivity contribution in [2.75, 3.05) is 43.7 Å². The van der Waals surface area contributed by atoms with E-state index in [1.807, 2.05) is 11.2 Å². The number of rotatable bonds is 7. The highest BCUT2D eigenvalue weighted by Gasteiger charge is 2.10. The van der Waals surface area contributed by atoms with Crippen molar-refractivity contribution in [1.29, 1.82) is 5.26 Å². The number of nitriles is 1. The predicted octanol–water partition coefficient (Wildman–Crippen LogP) is 1.15. The van der Waals surface area contributed by atoms with Crippen LogP contribution in [0.4, 0.5) is 11.6 Å². The average Bonchev–Trinajstić information content (AvgIpc) is 2.38. The van der Waals surface area contributed by atoms with Gasteiger partial charge in [-0.2, -0.15) is 5.26 Å². The largest absolute Gasteiger partial charge is 0.383 e. The predicted molar refractivity (Wildman–Crippen MR) is 72.5 cm³/mol. The lowest BCUT2D eigenvalue weighted by Gasteiger charge is -2.22. The van der Waals surface area contributed by atoms with E-state index in [1.165, 1.54) is 11.8 Å². The van der Waals surface area contributed by atoms with Crippen LogP contribution in [0.15, 0.2) is 11.2 Å².